The van der Waals surface area contributed by atoms with Crippen LogP contribution in [0.4, 0.5) is 21.8 Å². The number of anilines is 3. The highest BCUT2D eigenvalue weighted by Gasteiger charge is 2.25. The quantitative estimate of drug-likeness (QED) is 0.691. The van der Waals surface area contributed by atoms with Gasteiger partial charge in [-0.3, -0.25) is 4.90 Å². The molecule has 0 spiro atoms. The third-order valence-corrected chi connectivity index (χ3v) is 5.66. The Morgan fingerprint density at radius 3 is 2.73 bits per heavy atom. The lowest BCUT2D eigenvalue weighted by Gasteiger charge is -2.39. The summed E-state index contributed by atoms with van der Waals surface area (Å²) in [5.41, 5.74) is 1.59. The first-order valence-corrected chi connectivity index (χ1v) is 10.9. The van der Waals surface area contributed by atoms with Gasteiger partial charge in [-0.15, -0.1) is 0 Å². The van der Waals surface area contributed by atoms with Gasteiger partial charge in [-0.05, 0) is 50.6 Å². The standard InChI is InChI=1S/C23H31FN6/c1-4-8-18-14-22(30-12-7-9-20(16-30)29(5-2)6-3)28-23(26-18)27-19-10-11-21(24)17(13-19)15-25/h10-11,13-14,20H,4-9,12,16H2,1-3H3,(H,26,27,28)/t20-/m1/s1. The number of rotatable bonds is 8. The van der Waals surface area contributed by atoms with Crippen molar-refractivity contribution in [3.63, 3.8) is 0 Å². The normalized spacial score (nSPS) is 16.5. The van der Waals surface area contributed by atoms with E-state index in [1.54, 1.807) is 6.07 Å². The van der Waals surface area contributed by atoms with Crippen LogP contribution < -0.4 is 10.2 Å². The minimum Gasteiger partial charge on any atom is -0.355 e. The van der Waals surface area contributed by atoms with Crippen molar-refractivity contribution < 1.29 is 4.39 Å². The number of benzene rings is 1. The molecule has 1 N–H and O–H groups in total. The zero-order chi connectivity index (χ0) is 21.5. The Morgan fingerprint density at radius 2 is 2.03 bits per heavy atom. The Bertz CT molecular complexity index is 890. The number of hydrogen-bond donors (Lipinski definition) is 1. The summed E-state index contributed by atoms with van der Waals surface area (Å²) < 4.78 is 13.6. The monoisotopic (exact) mass is 410 g/mol. The van der Waals surface area contributed by atoms with Crippen LogP contribution in [-0.2, 0) is 6.42 Å². The van der Waals surface area contributed by atoms with Gasteiger partial charge in [0.15, 0.2) is 0 Å². The number of nitriles is 1. The second-order valence-electron chi connectivity index (χ2n) is 7.69. The molecule has 160 valence electrons. The molecule has 2 aromatic rings. The molecule has 0 radical (unpaired) electrons. The molecule has 1 aromatic carbocycles. The fourth-order valence-corrected chi connectivity index (χ4v) is 4.10. The summed E-state index contributed by atoms with van der Waals surface area (Å²) in [7, 11) is 0. The number of likely N-dealkylation sites (N-methyl/N-ethyl adjacent to an activating group) is 1. The van der Waals surface area contributed by atoms with Crippen molar-refractivity contribution >= 4 is 17.5 Å². The van der Waals surface area contributed by atoms with E-state index in [-0.39, 0.29) is 5.56 Å². The van der Waals surface area contributed by atoms with Crippen molar-refractivity contribution in [3.8, 4) is 6.07 Å². The minimum absolute atomic E-state index is 0.00281. The third kappa shape index (κ3) is 5.25. The van der Waals surface area contributed by atoms with Gasteiger partial charge in [0.05, 0.1) is 5.56 Å². The van der Waals surface area contributed by atoms with Crippen LogP contribution in [-0.4, -0.2) is 47.1 Å². The molecule has 0 amide bonds. The van der Waals surface area contributed by atoms with E-state index >= 15 is 0 Å². The molecule has 1 aliphatic rings. The molecule has 1 saturated heterocycles. The van der Waals surface area contributed by atoms with E-state index in [0.717, 1.165) is 57.0 Å². The summed E-state index contributed by atoms with van der Waals surface area (Å²) >= 11 is 0. The second-order valence-corrected chi connectivity index (χ2v) is 7.69. The maximum absolute atomic E-state index is 13.6. The Hall–Kier alpha value is -2.72. The zero-order valence-electron chi connectivity index (χ0n) is 18.2. The van der Waals surface area contributed by atoms with Gasteiger partial charge in [0.1, 0.15) is 17.7 Å². The Morgan fingerprint density at radius 1 is 1.23 bits per heavy atom. The topological polar surface area (TPSA) is 68.1 Å². The van der Waals surface area contributed by atoms with Crippen LogP contribution in [0.5, 0.6) is 0 Å². The highest BCUT2D eigenvalue weighted by atomic mass is 19.1. The van der Waals surface area contributed by atoms with Gasteiger partial charge in [-0.1, -0.05) is 27.2 Å². The molecule has 1 aliphatic heterocycles. The van der Waals surface area contributed by atoms with Gasteiger partial charge in [0, 0.05) is 36.6 Å². The molecule has 30 heavy (non-hydrogen) atoms. The minimum atomic E-state index is -0.528. The van der Waals surface area contributed by atoms with E-state index in [1.165, 1.54) is 18.6 Å². The maximum atomic E-state index is 13.6. The first-order chi connectivity index (χ1) is 14.6. The van der Waals surface area contributed by atoms with E-state index < -0.39 is 5.82 Å². The molecular formula is C23H31FN6. The number of nitrogens with one attached hydrogen (secondary N) is 1. The number of nitrogens with zero attached hydrogens (tertiary/aromatic N) is 5. The van der Waals surface area contributed by atoms with Gasteiger partial charge in [-0.2, -0.15) is 10.2 Å². The summed E-state index contributed by atoms with van der Waals surface area (Å²) in [4.78, 5) is 14.3. The van der Waals surface area contributed by atoms with Crippen LogP contribution in [0.15, 0.2) is 24.3 Å². The van der Waals surface area contributed by atoms with Gasteiger partial charge >= 0.3 is 0 Å². The van der Waals surface area contributed by atoms with Gasteiger partial charge in [-0.25, -0.2) is 9.37 Å². The van der Waals surface area contributed by atoms with Crippen molar-refractivity contribution in [2.45, 2.75) is 52.5 Å². The Kier molecular flexibility index (Phi) is 7.58. The molecule has 0 aliphatic carbocycles. The van der Waals surface area contributed by atoms with Crippen molar-refractivity contribution in [1.82, 2.24) is 14.9 Å². The summed E-state index contributed by atoms with van der Waals surface area (Å²) in [6, 6.07) is 8.87. The van der Waals surface area contributed by atoms with Gasteiger partial charge in [0.2, 0.25) is 5.95 Å². The molecule has 1 fully saturated rings. The molecule has 1 aromatic heterocycles. The Labute approximate surface area is 178 Å². The molecule has 1 atom stereocenters. The lowest BCUT2D eigenvalue weighted by atomic mass is 10.0. The lowest BCUT2D eigenvalue weighted by molar-refractivity contribution is 0.193. The van der Waals surface area contributed by atoms with Crippen LogP contribution in [0.1, 0.15) is 51.3 Å². The van der Waals surface area contributed by atoms with Crippen LogP contribution in [0, 0.1) is 17.1 Å². The largest absolute Gasteiger partial charge is 0.355 e. The van der Waals surface area contributed by atoms with E-state index in [0.29, 0.717) is 17.7 Å². The molecule has 0 saturated carbocycles. The molecule has 3 rings (SSSR count). The van der Waals surface area contributed by atoms with E-state index in [9.17, 15) is 4.39 Å². The Balaban J connectivity index is 1.86. The van der Waals surface area contributed by atoms with Crippen molar-refractivity contribution in [2.24, 2.45) is 0 Å². The second kappa shape index (κ2) is 10.4. The average molecular weight is 411 g/mol. The van der Waals surface area contributed by atoms with Gasteiger partial charge < -0.3 is 10.2 Å². The molecular weight excluding hydrogens is 379 g/mol. The number of hydrogen-bond acceptors (Lipinski definition) is 6. The average Bonchev–Trinajstić information content (AvgIpc) is 2.76. The van der Waals surface area contributed by atoms with E-state index in [1.807, 2.05) is 6.07 Å². The summed E-state index contributed by atoms with van der Waals surface area (Å²) in [6.45, 7) is 10.6. The predicted octanol–water partition coefficient (Wildman–Crippen LogP) is 4.49. The number of aromatic nitrogens is 2. The number of aryl methyl sites for hydroxylation is 1. The van der Waals surface area contributed by atoms with Crippen LogP contribution in [0.3, 0.4) is 0 Å². The summed E-state index contributed by atoms with van der Waals surface area (Å²) in [5.74, 6) is 0.881. The fourth-order valence-electron chi connectivity index (χ4n) is 4.10. The first kappa shape index (κ1) is 22.0. The zero-order valence-corrected chi connectivity index (χ0v) is 18.2. The van der Waals surface area contributed by atoms with Crippen LogP contribution in [0.25, 0.3) is 0 Å². The summed E-state index contributed by atoms with van der Waals surface area (Å²) in [5, 5.41) is 12.3. The van der Waals surface area contributed by atoms with Crippen molar-refractivity contribution in [2.75, 3.05) is 36.4 Å². The SMILES string of the molecule is CCCc1cc(N2CCC[C@@H](N(CC)CC)C2)nc(Nc2ccc(F)c(C#N)c2)n1. The highest BCUT2D eigenvalue weighted by Crippen LogP contribution is 2.25. The van der Waals surface area contributed by atoms with Gasteiger partial charge in [0.25, 0.3) is 0 Å². The van der Waals surface area contributed by atoms with Crippen LogP contribution >= 0.6 is 0 Å². The smallest absolute Gasteiger partial charge is 0.229 e. The third-order valence-electron chi connectivity index (χ3n) is 5.66. The first-order valence-electron chi connectivity index (χ1n) is 10.9. The highest BCUT2D eigenvalue weighted by molar-refractivity contribution is 5.58. The molecule has 0 unspecified atom stereocenters. The molecule has 2 heterocycles. The van der Waals surface area contributed by atoms with Crippen molar-refractivity contribution in [3.05, 3.63) is 41.3 Å². The molecule has 0 bridgehead atoms. The lowest BCUT2D eigenvalue weighted by Crippen LogP contribution is -2.48. The molecule has 7 heteroatoms. The van der Waals surface area contributed by atoms with E-state index in [4.69, 9.17) is 10.2 Å². The van der Waals surface area contributed by atoms with Crippen LogP contribution in [0.2, 0.25) is 0 Å². The number of piperidine rings is 1. The fraction of sp³-hybridized carbons (Fsp3) is 0.522. The maximum Gasteiger partial charge on any atom is 0.229 e. The molecule has 6 nitrogen and oxygen atoms in total. The van der Waals surface area contributed by atoms with E-state index in [2.05, 4.69) is 46.9 Å². The number of halogens is 1. The van der Waals surface area contributed by atoms with Crippen molar-refractivity contribution in [1.29, 1.82) is 5.26 Å². The predicted molar refractivity (Wildman–Crippen MR) is 119 cm³/mol. The summed E-state index contributed by atoms with van der Waals surface area (Å²) in [6.07, 6.45) is 4.21.